The van der Waals surface area contributed by atoms with Crippen molar-refractivity contribution < 1.29 is 9.21 Å². The van der Waals surface area contributed by atoms with Crippen LogP contribution in [-0.2, 0) is 0 Å². The van der Waals surface area contributed by atoms with Crippen molar-refractivity contribution in [3.05, 3.63) is 60.4 Å². The summed E-state index contributed by atoms with van der Waals surface area (Å²) in [6.07, 6.45) is 0. The summed E-state index contributed by atoms with van der Waals surface area (Å²) in [5, 5.41) is 0.921. The summed E-state index contributed by atoms with van der Waals surface area (Å²) in [7, 11) is 0. The van der Waals surface area contributed by atoms with E-state index in [1.54, 1.807) is 23.1 Å². The van der Waals surface area contributed by atoms with Crippen molar-refractivity contribution in [1.29, 1.82) is 0 Å². The van der Waals surface area contributed by atoms with Gasteiger partial charge in [0.15, 0.2) is 5.76 Å². The zero-order valence-corrected chi connectivity index (χ0v) is 11.7. The van der Waals surface area contributed by atoms with Crippen LogP contribution in [-0.4, -0.2) is 12.5 Å². The van der Waals surface area contributed by atoms with Crippen molar-refractivity contribution in [2.75, 3.05) is 17.2 Å². The normalized spacial score (nSPS) is 10.7. The van der Waals surface area contributed by atoms with Crippen molar-refractivity contribution in [3.63, 3.8) is 0 Å². The Balaban J connectivity index is 1.98. The monoisotopic (exact) mass is 280 g/mol. The van der Waals surface area contributed by atoms with E-state index >= 15 is 0 Å². The van der Waals surface area contributed by atoms with Gasteiger partial charge in [-0.15, -0.1) is 0 Å². The summed E-state index contributed by atoms with van der Waals surface area (Å²) in [5.74, 6) is 0.166. The molecule has 0 spiro atoms. The number of hydrogen-bond donors (Lipinski definition) is 1. The number of furan rings is 1. The Labute approximate surface area is 122 Å². The van der Waals surface area contributed by atoms with Crippen molar-refractivity contribution in [2.24, 2.45) is 0 Å². The van der Waals surface area contributed by atoms with E-state index in [0.29, 0.717) is 23.6 Å². The summed E-state index contributed by atoms with van der Waals surface area (Å²) in [5.41, 5.74) is 7.90. The van der Waals surface area contributed by atoms with Crippen LogP contribution in [0.2, 0.25) is 0 Å². The second-order valence-corrected chi connectivity index (χ2v) is 4.79. The second kappa shape index (κ2) is 5.32. The molecule has 0 aliphatic rings. The molecule has 4 nitrogen and oxygen atoms in total. The number of hydrogen-bond acceptors (Lipinski definition) is 3. The standard InChI is InChI=1S/C17H16N2O2/c1-2-19(14-8-5-7-13(18)11-14)17(20)16-10-12-6-3-4-9-15(12)21-16/h3-11H,2,18H2,1H3. The molecule has 1 heterocycles. The molecule has 0 atom stereocenters. The van der Waals surface area contributed by atoms with Gasteiger partial charge in [0.25, 0.3) is 5.91 Å². The van der Waals surface area contributed by atoms with Gasteiger partial charge in [-0.2, -0.15) is 0 Å². The first-order chi connectivity index (χ1) is 10.2. The topological polar surface area (TPSA) is 59.5 Å². The molecule has 4 heteroatoms. The predicted octanol–water partition coefficient (Wildman–Crippen LogP) is 3.68. The molecule has 0 aliphatic heterocycles. The number of nitrogens with two attached hydrogens (primary N) is 1. The van der Waals surface area contributed by atoms with Crippen LogP contribution in [0, 0.1) is 0 Å². The van der Waals surface area contributed by atoms with Crippen LogP contribution in [0.1, 0.15) is 17.5 Å². The minimum Gasteiger partial charge on any atom is -0.451 e. The van der Waals surface area contributed by atoms with Gasteiger partial charge in [0.1, 0.15) is 5.58 Å². The Morgan fingerprint density at radius 2 is 1.95 bits per heavy atom. The van der Waals surface area contributed by atoms with Crippen LogP contribution < -0.4 is 10.6 Å². The largest absolute Gasteiger partial charge is 0.451 e. The summed E-state index contributed by atoms with van der Waals surface area (Å²) in [6, 6.07) is 16.6. The van der Waals surface area contributed by atoms with Crippen molar-refractivity contribution in [1.82, 2.24) is 0 Å². The van der Waals surface area contributed by atoms with Crippen LogP contribution in [0.5, 0.6) is 0 Å². The molecule has 0 unspecified atom stereocenters. The van der Waals surface area contributed by atoms with E-state index in [0.717, 1.165) is 11.1 Å². The number of nitrogen functional groups attached to an aromatic ring is 1. The molecule has 0 saturated carbocycles. The molecule has 0 radical (unpaired) electrons. The van der Waals surface area contributed by atoms with Crippen LogP contribution >= 0.6 is 0 Å². The van der Waals surface area contributed by atoms with Gasteiger partial charge in [0.2, 0.25) is 0 Å². The molecule has 106 valence electrons. The van der Waals surface area contributed by atoms with Crippen molar-refractivity contribution in [2.45, 2.75) is 6.92 Å². The Morgan fingerprint density at radius 1 is 1.14 bits per heavy atom. The Morgan fingerprint density at radius 3 is 2.67 bits per heavy atom. The lowest BCUT2D eigenvalue weighted by Crippen LogP contribution is -2.30. The fourth-order valence-corrected chi connectivity index (χ4v) is 2.36. The first-order valence-electron chi connectivity index (χ1n) is 6.85. The maximum atomic E-state index is 12.6. The first kappa shape index (κ1) is 13.2. The highest BCUT2D eigenvalue weighted by Gasteiger charge is 2.20. The second-order valence-electron chi connectivity index (χ2n) is 4.79. The molecular formula is C17H16N2O2. The van der Waals surface area contributed by atoms with Gasteiger partial charge < -0.3 is 15.1 Å². The molecule has 0 saturated heterocycles. The first-order valence-corrected chi connectivity index (χ1v) is 6.85. The Bertz CT molecular complexity index is 759. The highest BCUT2D eigenvalue weighted by molar-refractivity contribution is 6.06. The molecule has 0 fully saturated rings. The quantitative estimate of drug-likeness (QED) is 0.744. The lowest BCUT2D eigenvalue weighted by molar-refractivity contribution is 0.0964. The highest BCUT2D eigenvalue weighted by Crippen LogP contribution is 2.23. The van der Waals surface area contributed by atoms with Gasteiger partial charge in [0, 0.05) is 23.3 Å². The number of carbonyl (C=O) groups is 1. The lowest BCUT2D eigenvalue weighted by Gasteiger charge is -2.20. The van der Waals surface area contributed by atoms with E-state index in [1.165, 1.54) is 0 Å². The third kappa shape index (κ3) is 2.48. The average Bonchev–Trinajstić information content (AvgIpc) is 2.92. The predicted molar refractivity (Wildman–Crippen MR) is 84.4 cm³/mol. The molecule has 21 heavy (non-hydrogen) atoms. The highest BCUT2D eigenvalue weighted by atomic mass is 16.3. The van der Waals surface area contributed by atoms with Gasteiger partial charge in [0.05, 0.1) is 0 Å². The number of anilines is 2. The minimum atomic E-state index is -0.167. The molecule has 0 bridgehead atoms. The molecule has 3 aromatic rings. The third-order valence-corrected chi connectivity index (χ3v) is 3.38. The molecule has 0 aliphatic carbocycles. The lowest BCUT2D eigenvalue weighted by atomic mass is 10.2. The number of nitrogens with zero attached hydrogens (tertiary/aromatic N) is 1. The average molecular weight is 280 g/mol. The third-order valence-electron chi connectivity index (χ3n) is 3.38. The number of benzene rings is 2. The Kier molecular flexibility index (Phi) is 3.36. The fourth-order valence-electron chi connectivity index (χ4n) is 2.36. The van der Waals surface area contributed by atoms with Gasteiger partial charge in [-0.3, -0.25) is 4.79 Å². The van der Waals surface area contributed by atoms with Gasteiger partial charge in [-0.1, -0.05) is 24.3 Å². The molecule has 2 N–H and O–H groups in total. The van der Waals surface area contributed by atoms with Gasteiger partial charge >= 0.3 is 0 Å². The van der Waals surface area contributed by atoms with E-state index in [4.69, 9.17) is 10.2 Å². The number of amides is 1. The van der Waals surface area contributed by atoms with E-state index in [2.05, 4.69) is 0 Å². The molecular weight excluding hydrogens is 264 g/mol. The molecule has 3 rings (SSSR count). The Hall–Kier alpha value is -2.75. The number of carbonyl (C=O) groups excluding carboxylic acids is 1. The summed E-state index contributed by atoms with van der Waals surface area (Å²) >= 11 is 0. The van der Waals surface area contributed by atoms with Crippen LogP contribution in [0.3, 0.4) is 0 Å². The van der Waals surface area contributed by atoms with Crippen molar-refractivity contribution in [3.8, 4) is 0 Å². The van der Waals surface area contributed by atoms with E-state index in [1.807, 2.05) is 43.3 Å². The molecule has 2 aromatic carbocycles. The maximum Gasteiger partial charge on any atom is 0.294 e. The zero-order valence-electron chi connectivity index (χ0n) is 11.7. The number of rotatable bonds is 3. The number of para-hydroxylation sites is 1. The van der Waals surface area contributed by atoms with E-state index < -0.39 is 0 Å². The van der Waals surface area contributed by atoms with E-state index in [9.17, 15) is 4.79 Å². The van der Waals surface area contributed by atoms with Gasteiger partial charge in [-0.05, 0) is 37.3 Å². The van der Waals surface area contributed by atoms with Crippen LogP contribution in [0.15, 0.2) is 59.0 Å². The maximum absolute atomic E-state index is 12.6. The number of fused-ring (bicyclic) bond motifs is 1. The summed E-state index contributed by atoms with van der Waals surface area (Å²) in [6.45, 7) is 2.46. The van der Waals surface area contributed by atoms with E-state index in [-0.39, 0.29) is 5.91 Å². The van der Waals surface area contributed by atoms with Gasteiger partial charge in [-0.25, -0.2) is 0 Å². The molecule has 1 aromatic heterocycles. The zero-order chi connectivity index (χ0) is 14.8. The fraction of sp³-hybridized carbons (Fsp3) is 0.118. The summed E-state index contributed by atoms with van der Waals surface area (Å²) < 4.78 is 5.64. The SMILES string of the molecule is CCN(C(=O)c1cc2ccccc2o1)c1cccc(N)c1. The smallest absolute Gasteiger partial charge is 0.294 e. The van der Waals surface area contributed by atoms with Crippen LogP contribution in [0.25, 0.3) is 11.0 Å². The molecule has 1 amide bonds. The van der Waals surface area contributed by atoms with Crippen LogP contribution in [0.4, 0.5) is 11.4 Å². The minimum absolute atomic E-state index is 0.167. The van der Waals surface area contributed by atoms with Crippen molar-refractivity contribution >= 4 is 28.3 Å². The summed E-state index contributed by atoms with van der Waals surface area (Å²) in [4.78, 5) is 14.3.